The van der Waals surface area contributed by atoms with Crippen LogP contribution < -0.4 is 5.32 Å². The summed E-state index contributed by atoms with van der Waals surface area (Å²) in [4.78, 5) is 15.4. The Hall–Kier alpha value is -1.43. The van der Waals surface area contributed by atoms with Gasteiger partial charge in [-0.1, -0.05) is 0 Å². The van der Waals surface area contributed by atoms with E-state index in [0.29, 0.717) is 13.2 Å². The number of nitrogens with zero attached hydrogens (tertiary/aromatic N) is 3. The maximum Gasteiger partial charge on any atom is 0.378 e. The van der Waals surface area contributed by atoms with Gasteiger partial charge < -0.3 is 10.1 Å². The Bertz CT molecular complexity index is 324. The zero-order valence-corrected chi connectivity index (χ0v) is 7.99. The summed E-state index contributed by atoms with van der Waals surface area (Å²) in [7, 11) is 0. The lowest BCUT2D eigenvalue weighted by Crippen LogP contribution is -2.28. The lowest BCUT2D eigenvalue weighted by molar-refractivity contribution is 0.0511. The van der Waals surface area contributed by atoms with Crippen LogP contribution in [0.15, 0.2) is 0 Å². The molecule has 1 aliphatic heterocycles. The number of hydrogen-bond acceptors (Lipinski definition) is 5. The number of esters is 1. The Morgan fingerprint density at radius 1 is 1.71 bits per heavy atom. The largest absolute Gasteiger partial charge is 0.460 e. The van der Waals surface area contributed by atoms with E-state index in [1.807, 2.05) is 0 Å². The van der Waals surface area contributed by atoms with Crippen LogP contribution in [0.2, 0.25) is 0 Å². The van der Waals surface area contributed by atoms with Crippen molar-refractivity contribution in [2.75, 3.05) is 13.2 Å². The SMILES string of the molecule is CCOC(=O)c1nc2n(n1)CCNC2. The van der Waals surface area contributed by atoms with Gasteiger partial charge in [-0.2, -0.15) is 0 Å². The number of fused-ring (bicyclic) bond motifs is 1. The summed E-state index contributed by atoms with van der Waals surface area (Å²) in [6, 6.07) is 0. The van der Waals surface area contributed by atoms with Crippen LogP contribution in [0.4, 0.5) is 0 Å². The van der Waals surface area contributed by atoms with Crippen molar-refractivity contribution in [3.8, 4) is 0 Å². The average Bonchev–Trinajstić information content (AvgIpc) is 2.61. The second kappa shape index (κ2) is 3.75. The fourth-order valence-electron chi connectivity index (χ4n) is 1.35. The van der Waals surface area contributed by atoms with Gasteiger partial charge in [0.25, 0.3) is 5.82 Å². The number of aromatic nitrogens is 3. The summed E-state index contributed by atoms with van der Waals surface area (Å²) in [5, 5.41) is 7.21. The highest BCUT2D eigenvalue weighted by Crippen LogP contribution is 2.03. The molecule has 1 aromatic rings. The van der Waals surface area contributed by atoms with Gasteiger partial charge in [0.15, 0.2) is 0 Å². The summed E-state index contributed by atoms with van der Waals surface area (Å²) in [5.74, 6) is 0.499. The summed E-state index contributed by atoms with van der Waals surface area (Å²) in [6.07, 6.45) is 0. The summed E-state index contributed by atoms with van der Waals surface area (Å²) < 4.78 is 6.55. The molecule has 0 atom stereocenters. The minimum absolute atomic E-state index is 0.158. The van der Waals surface area contributed by atoms with E-state index in [9.17, 15) is 4.79 Å². The minimum atomic E-state index is -0.450. The summed E-state index contributed by atoms with van der Waals surface area (Å²) >= 11 is 0. The van der Waals surface area contributed by atoms with E-state index < -0.39 is 5.97 Å². The molecule has 76 valence electrons. The van der Waals surface area contributed by atoms with Gasteiger partial charge in [0.2, 0.25) is 0 Å². The monoisotopic (exact) mass is 196 g/mol. The molecule has 0 bridgehead atoms. The molecule has 0 aromatic carbocycles. The van der Waals surface area contributed by atoms with Crippen molar-refractivity contribution in [3.63, 3.8) is 0 Å². The molecule has 6 nitrogen and oxygen atoms in total. The zero-order valence-electron chi connectivity index (χ0n) is 7.99. The van der Waals surface area contributed by atoms with Crippen LogP contribution in [0.1, 0.15) is 23.4 Å². The predicted molar refractivity (Wildman–Crippen MR) is 47.7 cm³/mol. The molecule has 0 amide bonds. The van der Waals surface area contributed by atoms with E-state index >= 15 is 0 Å². The Labute approximate surface area is 81.3 Å². The van der Waals surface area contributed by atoms with E-state index in [1.165, 1.54) is 0 Å². The number of hydrogen-bond donors (Lipinski definition) is 1. The van der Waals surface area contributed by atoms with Crippen molar-refractivity contribution in [3.05, 3.63) is 11.6 Å². The normalized spacial score (nSPS) is 14.9. The molecule has 1 aromatic heterocycles. The quantitative estimate of drug-likeness (QED) is 0.649. The third kappa shape index (κ3) is 1.60. The van der Waals surface area contributed by atoms with Gasteiger partial charge in [-0.3, -0.25) is 0 Å². The van der Waals surface area contributed by atoms with Crippen molar-refractivity contribution in [1.82, 2.24) is 20.1 Å². The minimum Gasteiger partial charge on any atom is -0.460 e. The zero-order chi connectivity index (χ0) is 9.97. The summed E-state index contributed by atoms with van der Waals surface area (Å²) in [5.41, 5.74) is 0. The average molecular weight is 196 g/mol. The van der Waals surface area contributed by atoms with Crippen molar-refractivity contribution in [2.24, 2.45) is 0 Å². The first-order valence-electron chi connectivity index (χ1n) is 4.63. The standard InChI is InChI=1S/C8H12N4O2/c1-2-14-8(13)7-10-6-5-9-3-4-12(6)11-7/h9H,2-5H2,1H3. The fourth-order valence-corrected chi connectivity index (χ4v) is 1.35. The maximum absolute atomic E-state index is 11.3. The van der Waals surface area contributed by atoms with Gasteiger partial charge in [0.1, 0.15) is 5.82 Å². The van der Waals surface area contributed by atoms with Gasteiger partial charge >= 0.3 is 5.97 Å². The van der Waals surface area contributed by atoms with E-state index in [2.05, 4.69) is 15.4 Å². The Morgan fingerprint density at radius 2 is 2.57 bits per heavy atom. The predicted octanol–water partition coefficient (Wildman–Crippen LogP) is -0.442. The van der Waals surface area contributed by atoms with Crippen LogP contribution in [-0.4, -0.2) is 33.9 Å². The number of ether oxygens (including phenoxy) is 1. The molecule has 6 heteroatoms. The molecular weight excluding hydrogens is 184 g/mol. The molecule has 0 spiro atoms. The molecule has 2 rings (SSSR count). The van der Waals surface area contributed by atoms with Gasteiger partial charge in [0.05, 0.1) is 19.7 Å². The van der Waals surface area contributed by atoms with Crippen molar-refractivity contribution < 1.29 is 9.53 Å². The second-order valence-corrected chi connectivity index (χ2v) is 2.97. The van der Waals surface area contributed by atoms with Crippen LogP contribution in [0.3, 0.4) is 0 Å². The van der Waals surface area contributed by atoms with Gasteiger partial charge in [-0.05, 0) is 6.92 Å². The number of carbonyl (C=O) groups is 1. The van der Waals surface area contributed by atoms with Crippen LogP contribution in [0, 0.1) is 0 Å². The fraction of sp³-hybridized carbons (Fsp3) is 0.625. The highest BCUT2D eigenvalue weighted by atomic mass is 16.5. The first kappa shape index (κ1) is 9.14. The van der Waals surface area contributed by atoms with Crippen molar-refractivity contribution in [2.45, 2.75) is 20.0 Å². The Kier molecular flexibility index (Phi) is 2.45. The van der Waals surface area contributed by atoms with Gasteiger partial charge in [0, 0.05) is 6.54 Å². The number of nitrogens with one attached hydrogen (secondary N) is 1. The van der Waals surface area contributed by atoms with E-state index in [0.717, 1.165) is 18.9 Å². The van der Waals surface area contributed by atoms with Crippen molar-refractivity contribution in [1.29, 1.82) is 0 Å². The molecule has 0 fully saturated rings. The molecule has 0 radical (unpaired) electrons. The van der Waals surface area contributed by atoms with Crippen molar-refractivity contribution >= 4 is 5.97 Å². The lowest BCUT2D eigenvalue weighted by atomic mass is 10.4. The molecule has 0 saturated carbocycles. The van der Waals surface area contributed by atoms with Crippen LogP contribution >= 0.6 is 0 Å². The third-order valence-electron chi connectivity index (χ3n) is 1.99. The summed E-state index contributed by atoms with van der Waals surface area (Å²) in [6.45, 7) is 4.38. The van der Waals surface area contributed by atoms with E-state index in [1.54, 1.807) is 11.6 Å². The second-order valence-electron chi connectivity index (χ2n) is 2.97. The number of rotatable bonds is 2. The third-order valence-corrected chi connectivity index (χ3v) is 1.99. The topological polar surface area (TPSA) is 69.0 Å². The highest BCUT2D eigenvalue weighted by Gasteiger charge is 2.18. The first-order chi connectivity index (χ1) is 6.81. The Morgan fingerprint density at radius 3 is 3.29 bits per heavy atom. The van der Waals surface area contributed by atoms with Crippen LogP contribution in [-0.2, 0) is 17.8 Å². The molecule has 1 N–H and O–H groups in total. The molecule has 0 aliphatic carbocycles. The molecule has 14 heavy (non-hydrogen) atoms. The molecular formula is C8H12N4O2. The van der Waals surface area contributed by atoms with Gasteiger partial charge in [-0.15, -0.1) is 5.10 Å². The molecule has 0 unspecified atom stereocenters. The van der Waals surface area contributed by atoms with E-state index in [-0.39, 0.29) is 5.82 Å². The smallest absolute Gasteiger partial charge is 0.378 e. The number of carbonyl (C=O) groups excluding carboxylic acids is 1. The van der Waals surface area contributed by atoms with Gasteiger partial charge in [-0.25, -0.2) is 14.5 Å². The van der Waals surface area contributed by atoms with Crippen LogP contribution in [0.25, 0.3) is 0 Å². The first-order valence-corrected chi connectivity index (χ1v) is 4.63. The lowest BCUT2D eigenvalue weighted by Gasteiger charge is -2.11. The Balaban J connectivity index is 2.19. The maximum atomic E-state index is 11.3. The molecule has 2 heterocycles. The molecule has 0 saturated heterocycles. The van der Waals surface area contributed by atoms with E-state index in [4.69, 9.17) is 4.74 Å². The van der Waals surface area contributed by atoms with Crippen LogP contribution in [0.5, 0.6) is 0 Å². The highest BCUT2D eigenvalue weighted by molar-refractivity contribution is 5.84. The molecule has 1 aliphatic rings.